The van der Waals surface area contributed by atoms with Crippen molar-refractivity contribution in [2.45, 2.75) is 31.3 Å². The molecule has 0 aliphatic heterocycles. The van der Waals surface area contributed by atoms with Crippen molar-refractivity contribution in [3.8, 4) is 0 Å². The number of nitrogens with zero attached hydrogens (tertiary/aromatic N) is 2. The van der Waals surface area contributed by atoms with Crippen LogP contribution in [-0.2, 0) is 17.4 Å². The zero-order chi connectivity index (χ0) is 10.2. The van der Waals surface area contributed by atoms with Crippen molar-refractivity contribution >= 4 is 5.78 Å². The lowest BCUT2D eigenvalue weighted by Crippen LogP contribution is -2.34. The molecule has 0 saturated heterocycles. The SMILES string of the molecule is Cn1ccnc1C1(O)CCC(=O)CC1. The summed E-state index contributed by atoms with van der Waals surface area (Å²) in [5.41, 5.74) is -0.897. The Kier molecular flexibility index (Phi) is 2.15. The van der Waals surface area contributed by atoms with E-state index in [9.17, 15) is 9.90 Å². The highest BCUT2D eigenvalue weighted by molar-refractivity contribution is 5.79. The molecule has 0 bridgehead atoms. The third-order valence-electron chi connectivity index (χ3n) is 2.87. The van der Waals surface area contributed by atoms with Crippen molar-refractivity contribution in [2.24, 2.45) is 7.05 Å². The largest absolute Gasteiger partial charge is 0.382 e. The van der Waals surface area contributed by atoms with Gasteiger partial charge >= 0.3 is 0 Å². The minimum Gasteiger partial charge on any atom is -0.382 e. The van der Waals surface area contributed by atoms with E-state index in [-0.39, 0.29) is 5.78 Å². The van der Waals surface area contributed by atoms with E-state index in [1.165, 1.54) is 0 Å². The lowest BCUT2D eigenvalue weighted by atomic mass is 9.83. The maximum absolute atomic E-state index is 11.1. The van der Waals surface area contributed by atoms with Gasteiger partial charge in [0.2, 0.25) is 0 Å². The van der Waals surface area contributed by atoms with Gasteiger partial charge in [-0.05, 0) is 12.8 Å². The molecule has 1 saturated carbocycles. The highest BCUT2D eigenvalue weighted by atomic mass is 16.3. The van der Waals surface area contributed by atoms with Crippen LogP contribution in [0.2, 0.25) is 0 Å². The molecule has 4 nitrogen and oxygen atoms in total. The maximum Gasteiger partial charge on any atom is 0.140 e. The lowest BCUT2D eigenvalue weighted by Gasteiger charge is -2.30. The number of ketones is 1. The molecule has 1 N–H and O–H groups in total. The minimum absolute atomic E-state index is 0.240. The van der Waals surface area contributed by atoms with Gasteiger partial charge in [0.15, 0.2) is 0 Å². The van der Waals surface area contributed by atoms with E-state index in [1.807, 2.05) is 17.8 Å². The number of Topliss-reactive ketones (excluding diaryl/α,β-unsaturated/α-hetero) is 1. The highest BCUT2D eigenvalue weighted by Gasteiger charge is 2.36. The Morgan fingerprint density at radius 3 is 2.64 bits per heavy atom. The first-order valence-corrected chi connectivity index (χ1v) is 4.84. The molecule has 1 fully saturated rings. The molecule has 0 amide bonds. The van der Waals surface area contributed by atoms with Gasteiger partial charge in [0.25, 0.3) is 0 Å². The molecule has 14 heavy (non-hydrogen) atoms. The van der Waals surface area contributed by atoms with Gasteiger partial charge in [0.1, 0.15) is 17.2 Å². The molecule has 1 aromatic rings. The molecule has 0 aromatic carbocycles. The van der Waals surface area contributed by atoms with E-state index in [4.69, 9.17) is 0 Å². The number of carbonyl (C=O) groups is 1. The Morgan fingerprint density at radius 2 is 2.14 bits per heavy atom. The van der Waals surface area contributed by atoms with E-state index in [0.717, 1.165) is 0 Å². The van der Waals surface area contributed by atoms with Crippen molar-refractivity contribution in [3.05, 3.63) is 18.2 Å². The number of imidazole rings is 1. The fraction of sp³-hybridized carbons (Fsp3) is 0.600. The second-order valence-corrected chi connectivity index (χ2v) is 3.93. The maximum atomic E-state index is 11.1. The Bertz CT molecular complexity index is 347. The third-order valence-corrected chi connectivity index (χ3v) is 2.87. The van der Waals surface area contributed by atoms with Crippen LogP contribution < -0.4 is 0 Å². The summed E-state index contributed by atoms with van der Waals surface area (Å²) in [6.45, 7) is 0. The average molecular weight is 194 g/mol. The molecule has 1 aliphatic carbocycles. The van der Waals surface area contributed by atoms with E-state index in [2.05, 4.69) is 4.98 Å². The Labute approximate surface area is 82.6 Å². The highest BCUT2D eigenvalue weighted by Crippen LogP contribution is 2.34. The monoisotopic (exact) mass is 194 g/mol. The van der Waals surface area contributed by atoms with Crippen molar-refractivity contribution in [1.29, 1.82) is 0 Å². The standard InChI is InChI=1S/C10H14N2O2/c1-12-7-6-11-9(12)10(14)4-2-8(13)3-5-10/h6-7,14H,2-5H2,1H3. The van der Waals surface area contributed by atoms with Gasteiger partial charge in [0, 0.05) is 32.3 Å². The average Bonchev–Trinajstić information content (AvgIpc) is 2.58. The van der Waals surface area contributed by atoms with Crippen molar-refractivity contribution in [3.63, 3.8) is 0 Å². The number of hydrogen-bond donors (Lipinski definition) is 1. The molecule has 0 spiro atoms. The van der Waals surface area contributed by atoms with E-state index >= 15 is 0 Å². The summed E-state index contributed by atoms with van der Waals surface area (Å²) >= 11 is 0. The van der Waals surface area contributed by atoms with Crippen molar-refractivity contribution < 1.29 is 9.90 Å². The predicted molar refractivity (Wildman–Crippen MR) is 50.6 cm³/mol. The summed E-state index contributed by atoms with van der Waals surface area (Å²) in [6, 6.07) is 0. The lowest BCUT2D eigenvalue weighted by molar-refractivity contribution is -0.126. The second-order valence-electron chi connectivity index (χ2n) is 3.93. The molecule has 0 atom stereocenters. The molecule has 0 radical (unpaired) electrons. The summed E-state index contributed by atoms with van der Waals surface area (Å²) in [6.07, 6.45) is 5.40. The van der Waals surface area contributed by atoms with Crippen LogP contribution in [0, 0.1) is 0 Å². The number of aromatic nitrogens is 2. The Hall–Kier alpha value is -1.16. The normalized spacial score (nSPS) is 21.1. The Balaban J connectivity index is 2.25. The molecule has 1 heterocycles. The molecular formula is C10H14N2O2. The molecular weight excluding hydrogens is 180 g/mol. The number of aliphatic hydroxyl groups is 1. The van der Waals surface area contributed by atoms with Crippen LogP contribution in [-0.4, -0.2) is 20.4 Å². The van der Waals surface area contributed by atoms with Crippen LogP contribution in [0.1, 0.15) is 31.5 Å². The summed E-state index contributed by atoms with van der Waals surface area (Å²) in [5.74, 6) is 0.911. The zero-order valence-corrected chi connectivity index (χ0v) is 8.23. The number of aryl methyl sites for hydroxylation is 1. The van der Waals surface area contributed by atoms with E-state index in [0.29, 0.717) is 31.5 Å². The zero-order valence-electron chi connectivity index (χ0n) is 8.23. The van der Waals surface area contributed by atoms with Crippen LogP contribution in [0.5, 0.6) is 0 Å². The van der Waals surface area contributed by atoms with Gasteiger partial charge < -0.3 is 9.67 Å². The molecule has 0 unspecified atom stereocenters. The summed E-state index contributed by atoms with van der Waals surface area (Å²) in [5, 5.41) is 10.3. The summed E-state index contributed by atoms with van der Waals surface area (Å²) in [4.78, 5) is 15.2. The Morgan fingerprint density at radius 1 is 1.50 bits per heavy atom. The first kappa shape index (κ1) is 9.40. The van der Waals surface area contributed by atoms with Gasteiger partial charge in [-0.2, -0.15) is 0 Å². The molecule has 76 valence electrons. The molecule has 2 rings (SSSR count). The fourth-order valence-corrected chi connectivity index (χ4v) is 1.98. The fourth-order valence-electron chi connectivity index (χ4n) is 1.98. The van der Waals surface area contributed by atoms with Crippen LogP contribution in [0.15, 0.2) is 12.4 Å². The predicted octanol–water partition coefficient (Wildman–Crippen LogP) is 0.751. The van der Waals surface area contributed by atoms with Gasteiger partial charge in [-0.3, -0.25) is 4.79 Å². The smallest absolute Gasteiger partial charge is 0.140 e. The molecule has 1 aliphatic rings. The summed E-state index contributed by atoms with van der Waals surface area (Å²) < 4.78 is 1.82. The van der Waals surface area contributed by atoms with Gasteiger partial charge in [-0.15, -0.1) is 0 Å². The third kappa shape index (κ3) is 1.46. The van der Waals surface area contributed by atoms with Crippen molar-refractivity contribution in [2.75, 3.05) is 0 Å². The first-order valence-electron chi connectivity index (χ1n) is 4.84. The van der Waals surface area contributed by atoms with E-state index < -0.39 is 5.60 Å². The quantitative estimate of drug-likeness (QED) is 0.717. The number of hydrogen-bond acceptors (Lipinski definition) is 3. The number of carbonyl (C=O) groups excluding carboxylic acids is 1. The van der Waals surface area contributed by atoms with Gasteiger partial charge in [-0.25, -0.2) is 4.98 Å². The van der Waals surface area contributed by atoms with Crippen LogP contribution >= 0.6 is 0 Å². The van der Waals surface area contributed by atoms with Gasteiger partial charge in [0.05, 0.1) is 0 Å². The minimum atomic E-state index is -0.897. The number of rotatable bonds is 1. The van der Waals surface area contributed by atoms with Crippen LogP contribution in [0.4, 0.5) is 0 Å². The topological polar surface area (TPSA) is 55.1 Å². The molecule has 1 aromatic heterocycles. The van der Waals surface area contributed by atoms with Crippen LogP contribution in [0.25, 0.3) is 0 Å². The first-order chi connectivity index (χ1) is 6.62. The van der Waals surface area contributed by atoms with Crippen LogP contribution in [0.3, 0.4) is 0 Å². The summed E-state index contributed by atoms with van der Waals surface area (Å²) in [7, 11) is 1.86. The van der Waals surface area contributed by atoms with Crippen molar-refractivity contribution in [1.82, 2.24) is 9.55 Å². The van der Waals surface area contributed by atoms with Gasteiger partial charge in [-0.1, -0.05) is 0 Å². The molecule has 4 heteroatoms. The second kappa shape index (κ2) is 3.20. The van der Waals surface area contributed by atoms with E-state index in [1.54, 1.807) is 6.20 Å².